The first-order valence-corrected chi connectivity index (χ1v) is 16.4. The van der Waals surface area contributed by atoms with E-state index in [9.17, 15) is 9.59 Å². The normalized spacial score (nSPS) is 14.7. The van der Waals surface area contributed by atoms with Crippen LogP contribution in [0.4, 0.5) is 0 Å². The first-order valence-electron chi connectivity index (χ1n) is 16.4. The maximum Gasteiger partial charge on any atom is 0.252 e. The number of benzene rings is 3. The van der Waals surface area contributed by atoms with Crippen molar-refractivity contribution in [1.82, 2.24) is 25.0 Å². The molecule has 0 saturated carbocycles. The van der Waals surface area contributed by atoms with Gasteiger partial charge in [0.05, 0.1) is 22.8 Å². The first-order chi connectivity index (χ1) is 21.9. The number of fused-ring (bicyclic) bond motifs is 1. The number of para-hydroxylation sites is 1. The van der Waals surface area contributed by atoms with Gasteiger partial charge in [0, 0.05) is 62.2 Å². The Morgan fingerprint density at radius 1 is 0.844 bits per heavy atom. The molecule has 7 heteroatoms. The van der Waals surface area contributed by atoms with Crippen LogP contribution in [0, 0.1) is 5.92 Å². The van der Waals surface area contributed by atoms with Crippen LogP contribution in [-0.2, 0) is 11.3 Å². The predicted molar refractivity (Wildman–Crippen MR) is 183 cm³/mol. The number of nitrogens with zero attached hydrogens (tertiary/aromatic N) is 4. The molecule has 5 rings (SSSR count). The predicted octanol–water partition coefficient (Wildman–Crippen LogP) is 6.41. The van der Waals surface area contributed by atoms with Gasteiger partial charge in [0.2, 0.25) is 5.91 Å². The second kappa shape index (κ2) is 15.3. The minimum Gasteiger partial charge on any atom is -0.345 e. The van der Waals surface area contributed by atoms with Gasteiger partial charge in [-0.05, 0) is 30.6 Å². The number of nitrogens with one attached hydrogen (secondary N) is 1. The topological polar surface area (TPSA) is 68.8 Å². The summed E-state index contributed by atoms with van der Waals surface area (Å²) >= 11 is 0. The van der Waals surface area contributed by atoms with E-state index in [1.165, 1.54) is 0 Å². The van der Waals surface area contributed by atoms with E-state index in [1.807, 2.05) is 65.6 Å². The minimum atomic E-state index is -0.135. The quantitative estimate of drug-likeness (QED) is 0.202. The van der Waals surface area contributed by atoms with Crippen LogP contribution < -0.4 is 5.32 Å². The lowest BCUT2D eigenvalue weighted by molar-refractivity contribution is -0.133. The van der Waals surface area contributed by atoms with E-state index in [2.05, 4.69) is 67.1 Å². The van der Waals surface area contributed by atoms with Crippen molar-refractivity contribution < 1.29 is 9.59 Å². The molecule has 7 nitrogen and oxygen atoms in total. The summed E-state index contributed by atoms with van der Waals surface area (Å²) in [6.45, 7) is 14.7. The Balaban J connectivity index is 1.47. The second-order valence-corrected chi connectivity index (χ2v) is 12.2. The highest BCUT2D eigenvalue weighted by Crippen LogP contribution is 2.33. The molecule has 0 radical (unpaired) electrons. The average molecular weight is 606 g/mol. The lowest BCUT2D eigenvalue weighted by Gasteiger charge is -2.36. The molecule has 45 heavy (non-hydrogen) atoms. The zero-order chi connectivity index (χ0) is 31.8. The molecule has 1 atom stereocenters. The van der Waals surface area contributed by atoms with Crippen molar-refractivity contribution in [2.75, 3.05) is 45.8 Å². The molecule has 0 bridgehead atoms. The highest BCUT2D eigenvalue weighted by atomic mass is 16.2. The molecule has 1 aromatic heterocycles. The van der Waals surface area contributed by atoms with Crippen molar-refractivity contribution in [2.45, 2.75) is 46.7 Å². The highest BCUT2D eigenvalue weighted by molar-refractivity contribution is 6.09. The van der Waals surface area contributed by atoms with Crippen LogP contribution in [0.2, 0.25) is 0 Å². The zero-order valence-corrected chi connectivity index (χ0v) is 27.2. The number of rotatable bonds is 12. The molecule has 4 aromatic rings. The summed E-state index contributed by atoms with van der Waals surface area (Å²) < 4.78 is 0. The van der Waals surface area contributed by atoms with E-state index in [-0.39, 0.29) is 23.8 Å². The third-order valence-electron chi connectivity index (χ3n) is 9.02. The third kappa shape index (κ3) is 7.78. The maximum atomic E-state index is 14.5. The molecule has 2 heterocycles. The van der Waals surface area contributed by atoms with Crippen molar-refractivity contribution >= 4 is 22.7 Å². The Hall–Kier alpha value is -4.07. The molecule has 1 N–H and O–H groups in total. The van der Waals surface area contributed by atoms with Crippen molar-refractivity contribution in [2.24, 2.45) is 5.92 Å². The number of carbonyl (C=O) groups excluding carboxylic acids is 2. The molecule has 1 saturated heterocycles. The van der Waals surface area contributed by atoms with Crippen LogP contribution in [0.5, 0.6) is 0 Å². The number of amides is 2. The molecule has 0 aliphatic carbocycles. The fourth-order valence-electron chi connectivity index (χ4n) is 6.34. The monoisotopic (exact) mass is 605 g/mol. The van der Waals surface area contributed by atoms with Crippen molar-refractivity contribution in [1.29, 1.82) is 0 Å². The first kappa shape index (κ1) is 32.3. The number of hydrogen-bond donors (Lipinski definition) is 1. The van der Waals surface area contributed by atoms with Crippen LogP contribution in [0.3, 0.4) is 0 Å². The van der Waals surface area contributed by atoms with Gasteiger partial charge in [0.25, 0.3) is 5.91 Å². The molecular formula is C38H47N5O2. The lowest BCUT2D eigenvalue weighted by atomic mass is 9.93. The van der Waals surface area contributed by atoms with Crippen LogP contribution in [-0.4, -0.2) is 77.3 Å². The molecule has 0 unspecified atom stereocenters. The number of piperazine rings is 1. The molecule has 2 amide bonds. The average Bonchev–Trinajstić information content (AvgIpc) is 3.08. The van der Waals surface area contributed by atoms with Crippen LogP contribution >= 0.6 is 0 Å². The molecule has 1 fully saturated rings. The fraction of sp³-hybridized carbons (Fsp3) is 0.395. The van der Waals surface area contributed by atoms with Crippen molar-refractivity contribution in [3.8, 4) is 11.3 Å². The van der Waals surface area contributed by atoms with E-state index in [1.54, 1.807) is 0 Å². The maximum absolute atomic E-state index is 14.5. The Labute approximate surface area is 268 Å². The molecular weight excluding hydrogens is 558 g/mol. The summed E-state index contributed by atoms with van der Waals surface area (Å²) in [5.74, 6) is 0.335. The van der Waals surface area contributed by atoms with Gasteiger partial charge in [-0.25, -0.2) is 4.98 Å². The highest BCUT2D eigenvalue weighted by Gasteiger charge is 2.28. The van der Waals surface area contributed by atoms with E-state index in [0.717, 1.165) is 66.0 Å². The lowest BCUT2D eigenvalue weighted by Crippen LogP contribution is -2.49. The fourth-order valence-corrected chi connectivity index (χ4v) is 6.34. The van der Waals surface area contributed by atoms with Gasteiger partial charge >= 0.3 is 0 Å². The third-order valence-corrected chi connectivity index (χ3v) is 9.02. The van der Waals surface area contributed by atoms with Gasteiger partial charge in [-0.1, -0.05) is 107 Å². The Kier molecular flexibility index (Phi) is 11.0. The smallest absolute Gasteiger partial charge is 0.252 e. The van der Waals surface area contributed by atoms with Gasteiger partial charge in [-0.2, -0.15) is 0 Å². The van der Waals surface area contributed by atoms with Gasteiger partial charge < -0.3 is 15.1 Å². The molecule has 0 spiro atoms. The molecule has 1 aliphatic heterocycles. The number of hydrogen-bond acceptors (Lipinski definition) is 5. The summed E-state index contributed by atoms with van der Waals surface area (Å²) in [6.07, 6.45) is 0.553. The summed E-state index contributed by atoms with van der Waals surface area (Å²) in [7, 11) is 0. The second-order valence-electron chi connectivity index (χ2n) is 12.2. The van der Waals surface area contributed by atoms with E-state index in [0.29, 0.717) is 31.6 Å². The van der Waals surface area contributed by atoms with E-state index < -0.39 is 0 Å². The Bertz CT molecular complexity index is 1560. The number of pyridine rings is 1. The van der Waals surface area contributed by atoms with Gasteiger partial charge in [-0.15, -0.1) is 0 Å². The van der Waals surface area contributed by atoms with E-state index in [4.69, 9.17) is 4.98 Å². The summed E-state index contributed by atoms with van der Waals surface area (Å²) in [5.41, 5.74) is 5.31. The van der Waals surface area contributed by atoms with Crippen LogP contribution in [0.25, 0.3) is 22.2 Å². The summed E-state index contributed by atoms with van der Waals surface area (Å²) in [5, 5.41) is 4.26. The molecule has 1 aliphatic rings. The minimum absolute atomic E-state index is 0.0893. The number of aromatic nitrogens is 1. The van der Waals surface area contributed by atoms with Gasteiger partial charge in [0.15, 0.2) is 0 Å². The van der Waals surface area contributed by atoms with Gasteiger partial charge in [0.1, 0.15) is 0 Å². The van der Waals surface area contributed by atoms with E-state index >= 15 is 0 Å². The molecule has 3 aromatic carbocycles. The van der Waals surface area contributed by atoms with Crippen molar-refractivity contribution in [3.63, 3.8) is 0 Å². The van der Waals surface area contributed by atoms with Crippen molar-refractivity contribution in [3.05, 3.63) is 102 Å². The largest absolute Gasteiger partial charge is 0.345 e. The summed E-state index contributed by atoms with van der Waals surface area (Å²) in [6, 6.07) is 28.2. The van der Waals surface area contributed by atoms with Gasteiger partial charge in [-0.3, -0.25) is 14.5 Å². The summed E-state index contributed by atoms with van der Waals surface area (Å²) in [4.78, 5) is 39.3. The Morgan fingerprint density at radius 3 is 2.11 bits per heavy atom. The number of carbonyl (C=O) groups is 2. The standard InChI is InChI=1S/C38H47N5O2/c1-5-41(6-2)22-21-34(44)43-25-23-42(24-26-43)27-32-35(38(45)40-36(28(3)4)29-15-9-7-10-16-29)31-19-13-14-20-33(31)39-37(32)30-17-11-8-12-18-30/h7-20,28,36H,5-6,21-27H2,1-4H3,(H,40,45)/t36-/m0/s1. The van der Waals surface area contributed by atoms with Crippen LogP contribution in [0.1, 0.15) is 61.6 Å². The van der Waals surface area contributed by atoms with Crippen LogP contribution in [0.15, 0.2) is 84.9 Å². The SMILES string of the molecule is CCN(CC)CCC(=O)N1CCN(Cc2c(-c3ccccc3)nc3ccccc3c2C(=O)N[C@H](c2ccccc2)C(C)C)CC1. The zero-order valence-electron chi connectivity index (χ0n) is 27.2. The molecule has 236 valence electrons. The Morgan fingerprint density at radius 2 is 1.47 bits per heavy atom.